The first kappa shape index (κ1) is 16.1. The largest absolute Gasteiger partial charge is 0.380 e. The normalized spacial score (nSPS) is 16.0. The molecule has 0 amide bonds. The second kappa shape index (κ2) is 8.93. The molecular weight excluding hydrogens is 262 g/mol. The number of hydrogen-bond donors (Lipinski definition) is 1. The van der Waals surface area contributed by atoms with E-state index in [1.54, 1.807) is 7.11 Å². The number of rotatable bonds is 8. The average molecular weight is 289 g/mol. The van der Waals surface area contributed by atoms with Crippen LogP contribution in [0.1, 0.15) is 31.0 Å². The second-order valence-corrected chi connectivity index (χ2v) is 5.62. The standard InChI is InChI=1S/C17H27N3O/c1-3-8-18-11-16-4-5-17(19-12-16)13-20-9-6-15(7-10-20)14-21-2/h4-6,12,18H,3,7-11,13-14H2,1-2H3. The van der Waals surface area contributed by atoms with Gasteiger partial charge >= 0.3 is 0 Å². The predicted molar refractivity (Wildman–Crippen MR) is 86.1 cm³/mol. The molecule has 1 aliphatic heterocycles. The van der Waals surface area contributed by atoms with Crippen molar-refractivity contribution in [2.45, 2.75) is 32.9 Å². The van der Waals surface area contributed by atoms with E-state index in [1.807, 2.05) is 6.20 Å². The van der Waals surface area contributed by atoms with E-state index in [9.17, 15) is 0 Å². The summed E-state index contributed by atoms with van der Waals surface area (Å²) in [5.41, 5.74) is 3.82. The van der Waals surface area contributed by atoms with Crippen LogP contribution in [0.15, 0.2) is 30.0 Å². The molecule has 0 radical (unpaired) electrons. The van der Waals surface area contributed by atoms with Crippen molar-refractivity contribution in [3.63, 3.8) is 0 Å². The summed E-state index contributed by atoms with van der Waals surface area (Å²) in [6.45, 7) is 7.95. The number of methoxy groups -OCH3 is 1. The Morgan fingerprint density at radius 3 is 2.90 bits per heavy atom. The quantitative estimate of drug-likeness (QED) is 0.589. The molecule has 0 aliphatic carbocycles. The molecule has 0 fully saturated rings. The summed E-state index contributed by atoms with van der Waals surface area (Å²) >= 11 is 0. The monoisotopic (exact) mass is 289 g/mol. The number of hydrogen-bond acceptors (Lipinski definition) is 4. The van der Waals surface area contributed by atoms with Gasteiger partial charge in [-0.1, -0.05) is 19.1 Å². The summed E-state index contributed by atoms with van der Waals surface area (Å²) < 4.78 is 5.18. The lowest BCUT2D eigenvalue weighted by atomic mass is 10.1. The SMILES string of the molecule is CCCNCc1ccc(CN2CC=C(COC)CC2)nc1. The molecule has 116 valence electrons. The maximum Gasteiger partial charge on any atom is 0.0673 e. The number of nitrogens with zero attached hydrogens (tertiary/aromatic N) is 2. The Labute approximate surface area is 128 Å². The zero-order valence-electron chi connectivity index (χ0n) is 13.3. The molecule has 2 rings (SSSR count). The number of pyridine rings is 1. The molecule has 21 heavy (non-hydrogen) atoms. The van der Waals surface area contributed by atoms with Crippen LogP contribution >= 0.6 is 0 Å². The van der Waals surface area contributed by atoms with E-state index < -0.39 is 0 Å². The van der Waals surface area contributed by atoms with Crippen molar-refractivity contribution in [3.05, 3.63) is 41.2 Å². The molecule has 1 aromatic heterocycles. The maximum absolute atomic E-state index is 5.18. The van der Waals surface area contributed by atoms with Crippen LogP contribution in [0.3, 0.4) is 0 Å². The van der Waals surface area contributed by atoms with Crippen LogP contribution < -0.4 is 5.32 Å². The fourth-order valence-electron chi connectivity index (χ4n) is 2.51. The highest BCUT2D eigenvalue weighted by atomic mass is 16.5. The van der Waals surface area contributed by atoms with E-state index in [4.69, 9.17) is 4.74 Å². The fourth-order valence-corrected chi connectivity index (χ4v) is 2.51. The third-order valence-electron chi connectivity index (χ3n) is 3.74. The molecule has 0 aromatic carbocycles. The summed E-state index contributed by atoms with van der Waals surface area (Å²) in [7, 11) is 1.76. The molecule has 0 unspecified atom stereocenters. The van der Waals surface area contributed by atoms with E-state index in [1.165, 1.54) is 17.6 Å². The summed E-state index contributed by atoms with van der Waals surface area (Å²) in [6.07, 6.45) is 6.55. The lowest BCUT2D eigenvalue weighted by molar-refractivity contribution is 0.210. The highest BCUT2D eigenvalue weighted by Gasteiger charge is 2.12. The van der Waals surface area contributed by atoms with Gasteiger partial charge in [-0.3, -0.25) is 9.88 Å². The van der Waals surface area contributed by atoms with E-state index in [-0.39, 0.29) is 0 Å². The Kier molecular flexibility index (Phi) is 6.86. The van der Waals surface area contributed by atoms with Gasteiger partial charge in [0.25, 0.3) is 0 Å². The highest BCUT2D eigenvalue weighted by Crippen LogP contribution is 2.13. The molecule has 0 atom stereocenters. The lowest BCUT2D eigenvalue weighted by Gasteiger charge is -2.25. The summed E-state index contributed by atoms with van der Waals surface area (Å²) in [5, 5.41) is 3.40. The summed E-state index contributed by atoms with van der Waals surface area (Å²) in [6, 6.07) is 4.33. The van der Waals surface area contributed by atoms with E-state index in [0.29, 0.717) is 0 Å². The van der Waals surface area contributed by atoms with Gasteiger partial charge in [-0.2, -0.15) is 0 Å². The highest BCUT2D eigenvalue weighted by molar-refractivity contribution is 5.15. The van der Waals surface area contributed by atoms with Crippen LogP contribution in [-0.2, 0) is 17.8 Å². The Hall–Kier alpha value is -1.23. The second-order valence-electron chi connectivity index (χ2n) is 5.62. The molecule has 0 saturated heterocycles. The van der Waals surface area contributed by atoms with Crippen molar-refractivity contribution >= 4 is 0 Å². The van der Waals surface area contributed by atoms with Crippen molar-refractivity contribution in [1.29, 1.82) is 0 Å². The Bertz CT molecular complexity index is 442. The summed E-state index contributed by atoms with van der Waals surface area (Å²) in [5.74, 6) is 0. The van der Waals surface area contributed by atoms with Gasteiger partial charge in [0.15, 0.2) is 0 Å². The van der Waals surface area contributed by atoms with Gasteiger partial charge in [-0.15, -0.1) is 0 Å². The van der Waals surface area contributed by atoms with Gasteiger partial charge in [0, 0.05) is 39.5 Å². The van der Waals surface area contributed by atoms with Crippen LogP contribution in [0, 0.1) is 0 Å². The molecule has 4 nitrogen and oxygen atoms in total. The molecular formula is C17H27N3O. The van der Waals surface area contributed by atoms with Crippen LogP contribution in [0.2, 0.25) is 0 Å². The van der Waals surface area contributed by atoms with Gasteiger partial charge in [0.05, 0.1) is 12.3 Å². The first-order valence-electron chi connectivity index (χ1n) is 7.85. The molecule has 1 aliphatic rings. The topological polar surface area (TPSA) is 37.4 Å². The predicted octanol–water partition coefficient (Wildman–Crippen LogP) is 2.36. The first-order valence-corrected chi connectivity index (χ1v) is 7.85. The third-order valence-corrected chi connectivity index (χ3v) is 3.74. The Balaban J connectivity index is 1.78. The van der Waals surface area contributed by atoms with Crippen LogP contribution in [-0.4, -0.2) is 43.2 Å². The smallest absolute Gasteiger partial charge is 0.0673 e. The lowest BCUT2D eigenvalue weighted by Crippen LogP contribution is -2.29. The van der Waals surface area contributed by atoms with Gasteiger partial charge in [0.2, 0.25) is 0 Å². The molecule has 0 saturated carbocycles. The minimum absolute atomic E-state index is 0.769. The zero-order chi connectivity index (χ0) is 14.9. The Morgan fingerprint density at radius 1 is 1.38 bits per heavy atom. The van der Waals surface area contributed by atoms with Crippen molar-refractivity contribution < 1.29 is 4.74 Å². The van der Waals surface area contributed by atoms with Crippen LogP contribution in [0.25, 0.3) is 0 Å². The van der Waals surface area contributed by atoms with Crippen LogP contribution in [0.4, 0.5) is 0 Å². The molecule has 1 aromatic rings. The van der Waals surface area contributed by atoms with Crippen molar-refractivity contribution in [2.75, 3.05) is 33.4 Å². The average Bonchev–Trinajstić information content (AvgIpc) is 2.51. The maximum atomic E-state index is 5.18. The molecule has 4 heteroatoms. The molecule has 1 N–H and O–H groups in total. The summed E-state index contributed by atoms with van der Waals surface area (Å²) in [4.78, 5) is 7.01. The minimum atomic E-state index is 0.769. The molecule has 0 bridgehead atoms. The third kappa shape index (κ3) is 5.58. The van der Waals surface area contributed by atoms with Gasteiger partial charge < -0.3 is 10.1 Å². The van der Waals surface area contributed by atoms with Gasteiger partial charge in [-0.05, 0) is 36.6 Å². The molecule has 0 spiro atoms. The number of aromatic nitrogens is 1. The Morgan fingerprint density at radius 2 is 2.29 bits per heavy atom. The molecule has 2 heterocycles. The van der Waals surface area contributed by atoms with E-state index in [0.717, 1.165) is 51.4 Å². The zero-order valence-corrected chi connectivity index (χ0v) is 13.3. The fraction of sp³-hybridized carbons (Fsp3) is 0.588. The first-order chi connectivity index (χ1) is 10.3. The van der Waals surface area contributed by atoms with Crippen molar-refractivity contribution in [1.82, 2.24) is 15.2 Å². The van der Waals surface area contributed by atoms with E-state index in [2.05, 4.69) is 40.3 Å². The number of ether oxygens (including phenoxy) is 1. The van der Waals surface area contributed by atoms with Gasteiger partial charge in [-0.25, -0.2) is 0 Å². The number of nitrogens with one attached hydrogen (secondary N) is 1. The van der Waals surface area contributed by atoms with Gasteiger partial charge in [0.1, 0.15) is 0 Å². The van der Waals surface area contributed by atoms with E-state index >= 15 is 0 Å². The minimum Gasteiger partial charge on any atom is -0.380 e. The van der Waals surface area contributed by atoms with Crippen molar-refractivity contribution in [2.24, 2.45) is 0 Å². The van der Waals surface area contributed by atoms with Crippen molar-refractivity contribution in [3.8, 4) is 0 Å². The van der Waals surface area contributed by atoms with Crippen LogP contribution in [0.5, 0.6) is 0 Å².